The molecule has 0 heterocycles. The Morgan fingerprint density at radius 1 is 0.840 bits per heavy atom. The van der Waals surface area contributed by atoms with Crippen LogP contribution in [0.3, 0.4) is 0 Å². The standard InChI is InChI=1S/C25H36/c1-3-5-21-12-16-24(17-13-21)25-18-14-23(15-19-25)11-10-22-8-6-20(4-2)7-9-22/h6,8,10-13,16-17,20,22-23,25H,3-5,7,9,14-15,18-19H2,1-2H3. The van der Waals surface area contributed by atoms with Crippen LogP contribution in [0.1, 0.15) is 82.3 Å². The van der Waals surface area contributed by atoms with Crippen molar-refractivity contribution < 1.29 is 0 Å². The Morgan fingerprint density at radius 3 is 2.20 bits per heavy atom. The molecule has 0 radical (unpaired) electrons. The van der Waals surface area contributed by atoms with E-state index in [1.807, 2.05) is 0 Å². The second kappa shape index (κ2) is 9.41. The normalized spacial score (nSPS) is 30.0. The van der Waals surface area contributed by atoms with E-state index < -0.39 is 0 Å². The zero-order valence-electron chi connectivity index (χ0n) is 16.3. The van der Waals surface area contributed by atoms with Crippen LogP contribution in [0.2, 0.25) is 0 Å². The predicted molar refractivity (Wildman–Crippen MR) is 110 cm³/mol. The maximum absolute atomic E-state index is 2.54. The van der Waals surface area contributed by atoms with Crippen molar-refractivity contribution in [2.45, 2.75) is 77.6 Å². The zero-order valence-corrected chi connectivity index (χ0v) is 16.3. The van der Waals surface area contributed by atoms with Gasteiger partial charge in [0.2, 0.25) is 0 Å². The molecule has 25 heavy (non-hydrogen) atoms. The summed E-state index contributed by atoms with van der Waals surface area (Å²) in [5.74, 6) is 3.14. The van der Waals surface area contributed by atoms with Crippen LogP contribution in [0.25, 0.3) is 0 Å². The minimum absolute atomic E-state index is 0.701. The van der Waals surface area contributed by atoms with Crippen molar-refractivity contribution in [1.82, 2.24) is 0 Å². The molecule has 1 saturated carbocycles. The fraction of sp³-hybridized carbons (Fsp3) is 0.600. The van der Waals surface area contributed by atoms with Crippen LogP contribution in [-0.4, -0.2) is 0 Å². The van der Waals surface area contributed by atoms with E-state index in [-0.39, 0.29) is 0 Å². The molecule has 0 aliphatic heterocycles. The van der Waals surface area contributed by atoms with Crippen LogP contribution in [0.4, 0.5) is 0 Å². The van der Waals surface area contributed by atoms with Crippen LogP contribution in [-0.2, 0) is 6.42 Å². The summed E-state index contributed by atoms with van der Waals surface area (Å²) < 4.78 is 0. The molecule has 0 spiro atoms. The van der Waals surface area contributed by atoms with Gasteiger partial charge >= 0.3 is 0 Å². The molecule has 2 aliphatic rings. The molecular weight excluding hydrogens is 300 g/mol. The Morgan fingerprint density at radius 2 is 1.60 bits per heavy atom. The number of hydrogen-bond acceptors (Lipinski definition) is 0. The van der Waals surface area contributed by atoms with Gasteiger partial charge in [0.05, 0.1) is 0 Å². The molecule has 136 valence electrons. The van der Waals surface area contributed by atoms with E-state index in [2.05, 4.69) is 62.4 Å². The third-order valence-electron chi connectivity index (χ3n) is 6.42. The first-order chi connectivity index (χ1) is 12.3. The molecule has 2 aliphatic carbocycles. The first-order valence-corrected chi connectivity index (χ1v) is 10.7. The molecule has 0 N–H and O–H groups in total. The lowest BCUT2D eigenvalue weighted by Crippen LogP contribution is -2.12. The average Bonchev–Trinajstić information content (AvgIpc) is 2.68. The molecule has 0 saturated heterocycles. The van der Waals surface area contributed by atoms with Crippen molar-refractivity contribution in [3.05, 3.63) is 59.7 Å². The van der Waals surface area contributed by atoms with Gasteiger partial charge in [0, 0.05) is 0 Å². The summed E-state index contributed by atoms with van der Waals surface area (Å²) in [6, 6.07) is 9.49. The van der Waals surface area contributed by atoms with Crippen molar-refractivity contribution in [3.63, 3.8) is 0 Å². The Kier molecular flexibility index (Phi) is 6.96. The predicted octanol–water partition coefficient (Wildman–Crippen LogP) is 7.46. The van der Waals surface area contributed by atoms with E-state index in [0.29, 0.717) is 5.92 Å². The topological polar surface area (TPSA) is 0 Å². The fourth-order valence-corrected chi connectivity index (χ4v) is 4.59. The lowest BCUT2D eigenvalue weighted by Gasteiger charge is -2.27. The molecule has 2 unspecified atom stereocenters. The van der Waals surface area contributed by atoms with Crippen molar-refractivity contribution in [2.24, 2.45) is 17.8 Å². The highest BCUT2D eigenvalue weighted by molar-refractivity contribution is 5.26. The molecular formula is C25H36. The zero-order chi connectivity index (χ0) is 17.5. The van der Waals surface area contributed by atoms with Gasteiger partial charge in [-0.3, -0.25) is 0 Å². The largest absolute Gasteiger partial charge is 0.0848 e. The second-order valence-electron chi connectivity index (χ2n) is 8.28. The van der Waals surface area contributed by atoms with Gasteiger partial charge in [-0.1, -0.05) is 68.8 Å². The summed E-state index contributed by atoms with van der Waals surface area (Å²) in [4.78, 5) is 0. The van der Waals surface area contributed by atoms with Crippen LogP contribution >= 0.6 is 0 Å². The summed E-state index contributed by atoms with van der Waals surface area (Å²) in [6.07, 6.45) is 21.9. The molecule has 1 aromatic rings. The summed E-state index contributed by atoms with van der Waals surface area (Å²) in [5.41, 5.74) is 3.07. The number of allylic oxidation sites excluding steroid dienone is 4. The van der Waals surface area contributed by atoms with Gasteiger partial charge in [0.15, 0.2) is 0 Å². The van der Waals surface area contributed by atoms with Gasteiger partial charge < -0.3 is 0 Å². The minimum Gasteiger partial charge on any atom is -0.0848 e. The van der Waals surface area contributed by atoms with Crippen molar-refractivity contribution in [2.75, 3.05) is 0 Å². The van der Waals surface area contributed by atoms with Crippen molar-refractivity contribution in [3.8, 4) is 0 Å². The van der Waals surface area contributed by atoms with Gasteiger partial charge in [0.1, 0.15) is 0 Å². The minimum atomic E-state index is 0.701. The Hall–Kier alpha value is -1.30. The number of hydrogen-bond donors (Lipinski definition) is 0. The number of benzene rings is 1. The molecule has 0 nitrogen and oxygen atoms in total. The number of rotatable bonds is 6. The molecule has 1 aromatic carbocycles. The highest BCUT2D eigenvalue weighted by atomic mass is 14.3. The summed E-state index contributed by atoms with van der Waals surface area (Å²) in [5, 5.41) is 0. The quantitative estimate of drug-likeness (QED) is 0.473. The third-order valence-corrected chi connectivity index (χ3v) is 6.42. The fourth-order valence-electron chi connectivity index (χ4n) is 4.59. The van der Waals surface area contributed by atoms with Gasteiger partial charge in [-0.05, 0) is 86.2 Å². The van der Waals surface area contributed by atoms with Gasteiger partial charge in [0.25, 0.3) is 0 Å². The summed E-state index contributed by atoms with van der Waals surface area (Å²) in [6.45, 7) is 4.56. The summed E-state index contributed by atoms with van der Waals surface area (Å²) >= 11 is 0. The van der Waals surface area contributed by atoms with E-state index in [0.717, 1.165) is 17.8 Å². The first-order valence-electron chi connectivity index (χ1n) is 10.7. The maximum Gasteiger partial charge on any atom is -0.00531 e. The van der Waals surface area contributed by atoms with E-state index >= 15 is 0 Å². The van der Waals surface area contributed by atoms with Crippen molar-refractivity contribution >= 4 is 0 Å². The highest BCUT2D eigenvalue weighted by Crippen LogP contribution is 2.37. The van der Waals surface area contributed by atoms with E-state index in [1.54, 1.807) is 5.56 Å². The van der Waals surface area contributed by atoms with Crippen LogP contribution in [0.15, 0.2) is 48.6 Å². The molecule has 3 rings (SSSR count). The molecule has 1 fully saturated rings. The van der Waals surface area contributed by atoms with E-state index in [4.69, 9.17) is 0 Å². The van der Waals surface area contributed by atoms with Gasteiger partial charge in [-0.15, -0.1) is 0 Å². The highest BCUT2D eigenvalue weighted by Gasteiger charge is 2.21. The van der Waals surface area contributed by atoms with Gasteiger partial charge in [-0.25, -0.2) is 0 Å². The van der Waals surface area contributed by atoms with E-state index in [1.165, 1.54) is 63.4 Å². The lowest BCUT2D eigenvalue weighted by atomic mass is 9.78. The first kappa shape index (κ1) is 18.5. The maximum atomic E-state index is 2.54. The van der Waals surface area contributed by atoms with Crippen molar-refractivity contribution in [1.29, 1.82) is 0 Å². The van der Waals surface area contributed by atoms with Crippen LogP contribution in [0.5, 0.6) is 0 Å². The Balaban J connectivity index is 1.46. The monoisotopic (exact) mass is 336 g/mol. The second-order valence-corrected chi connectivity index (χ2v) is 8.28. The average molecular weight is 337 g/mol. The number of aryl methyl sites for hydroxylation is 1. The Bertz CT molecular complexity index is 554. The van der Waals surface area contributed by atoms with Gasteiger partial charge in [-0.2, -0.15) is 0 Å². The lowest BCUT2D eigenvalue weighted by molar-refractivity contribution is 0.374. The molecule has 0 amide bonds. The molecule has 2 atom stereocenters. The Labute approximate surface area is 155 Å². The smallest absolute Gasteiger partial charge is 0.00531 e. The van der Waals surface area contributed by atoms with Crippen LogP contribution in [0, 0.1) is 17.8 Å². The van der Waals surface area contributed by atoms with E-state index in [9.17, 15) is 0 Å². The summed E-state index contributed by atoms with van der Waals surface area (Å²) in [7, 11) is 0. The molecule has 0 aromatic heterocycles. The molecule has 0 bridgehead atoms. The third kappa shape index (κ3) is 5.33. The SMILES string of the molecule is CCCc1ccc(C2CCC(C=CC3C=CC(CC)CC3)CC2)cc1. The van der Waals surface area contributed by atoms with Crippen LogP contribution < -0.4 is 0 Å². The molecule has 0 heteroatoms.